The van der Waals surface area contributed by atoms with Crippen molar-refractivity contribution in [1.82, 2.24) is 0 Å². The molecule has 0 aromatic rings. The second kappa shape index (κ2) is 6.64. The monoisotopic (exact) mass is 226 g/mol. The van der Waals surface area contributed by atoms with Crippen molar-refractivity contribution in [3.05, 3.63) is 0 Å². The second-order valence-corrected chi connectivity index (χ2v) is 5.85. The van der Waals surface area contributed by atoms with Gasteiger partial charge in [0.1, 0.15) is 0 Å². The van der Waals surface area contributed by atoms with Crippen LogP contribution in [-0.4, -0.2) is 30.7 Å². The molecule has 1 aliphatic carbocycles. The summed E-state index contributed by atoms with van der Waals surface area (Å²) in [5.41, 5.74) is 0. The molecule has 0 spiro atoms. The third-order valence-electron chi connectivity index (χ3n) is 4.81. The number of hydrogen-bond donors (Lipinski definition) is 0. The van der Waals surface area contributed by atoms with Crippen LogP contribution in [0.2, 0.25) is 0 Å². The highest BCUT2D eigenvalue weighted by Crippen LogP contribution is 2.31. The smallest absolute Gasteiger partial charge is 0.0815 e. The lowest BCUT2D eigenvalue weighted by atomic mass is 9.84. The molecule has 2 aliphatic rings. The van der Waals surface area contributed by atoms with Gasteiger partial charge in [-0.3, -0.25) is 0 Å². The Morgan fingerprint density at radius 2 is 1.44 bits per heavy atom. The number of nitrogens with zero attached hydrogens (tertiary/aromatic N) is 1. The SMILES string of the molecule is C.CC[N+]1(CC2CCC2)CCCCCCC1. The normalized spacial score (nSPS) is 26.1. The first-order valence-corrected chi connectivity index (χ1v) is 7.20. The third-order valence-corrected chi connectivity index (χ3v) is 4.81. The van der Waals surface area contributed by atoms with E-state index in [-0.39, 0.29) is 7.43 Å². The van der Waals surface area contributed by atoms with Gasteiger partial charge in [-0.25, -0.2) is 0 Å². The topological polar surface area (TPSA) is 0 Å². The molecule has 2 fully saturated rings. The molecule has 1 heterocycles. The van der Waals surface area contributed by atoms with Crippen LogP contribution >= 0.6 is 0 Å². The van der Waals surface area contributed by atoms with Crippen LogP contribution in [0, 0.1) is 5.92 Å². The van der Waals surface area contributed by atoms with E-state index in [0.29, 0.717) is 0 Å². The first-order valence-electron chi connectivity index (χ1n) is 7.20. The van der Waals surface area contributed by atoms with Gasteiger partial charge < -0.3 is 4.48 Å². The number of hydrogen-bond acceptors (Lipinski definition) is 0. The molecule has 96 valence electrons. The zero-order valence-corrected chi connectivity index (χ0v) is 10.5. The van der Waals surface area contributed by atoms with Crippen LogP contribution in [0.5, 0.6) is 0 Å². The minimum absolute atomic E-state index is 0. The largest absolute Gasteiger partial charge is 0.324 e. The molecule has 1 saturated carbocycles. The number of likely N-dealkylation sites (tertiary alicyclic amines) is 1. The van der Waals surface area contributed by atoms with E-state index in [4.69, 9.17) is 0 Å². The van der Waals surface area contributed by atoms with Gasteiger partial charge in [0.25, 0.3) is 0 Å². The first kappa shape index (κ1) is 14.0. The van der Waals surface area contributed by atoms with E-state index in [1.807, 2.05) is 0 Å². The van der Waals surface area contributed by atoms with Crippen LogP contribution in [0.15, 0.2) is 0 Å². The molecule has 0 amide bonds. The van der Waals surface area contributed by atoms with Crippen LogP contribution in [-0.2, 0) is 0 Å². The lowest BCUT2D eigenvalue weighted by Crippen LogP contribution is -2.53. The molecule has 0 N–H and O–H groups in total. The van der Waals surface area contributed by atoms with Crippen molar-refractivity contribution >= 4 is 0 Å². The molecule has 16 heavy (non-hydrogen) atoms. The predicted molar refractivity (Wildman–Crippen MR) is 72.6 cm³/mol. The highest BCUT2D eigenvalue weighted by molar-refractivity contribution is 4.70. The zero-order valence-electron chi connectivity index (χ0n) is 10.5. The molecule has 0 aromatic carbocycles. The Morgan fingerprint density at radius 1 is 0.875 bits per heavy atom. The average molecular weight is 226 g/mol. The molecule has 1 heteroatoms. The van der Waals surface area contributed by atoms with Gasteiger partial charge in [0.2, 0.25) is 0 Å². The molecule has 1 aliphatic heterocycles. The van der Waals surface area contributed by atoms with Crippen LogP contribution < -0.4 is 0 Å². The van der Waals surface area contributed by atoms with Gasteiger partial charge in [-0.1, -0.05) is 20.3 Å². The molecule has 0 aromatic heterocycles. The summed E-state index contributed by atoms with van der Waals surface area (Å²) in [6.45, 7) is 8.27. The summed E-state index contributed by atoms with van der Waals surface area (Å²) in [4.78, 5) is 0. The Bertz CT molecular complexity index is 176. The van der Waals surface area contributed by atoms with E-state index in [2.05, 4.69) is 6.92 Å². The summed E-state index contributed by atoms with van der Waals surface area (Å²) in [6.07, 6.45) is 12.0. The highest BCUT2D eigenvalue weighted by Gasteiger charge is 2.32. The van der Waals surface area contributed by atoms with Gasteiger partial charge in [-0.2, -0.15) is 0 Å². The van der Waals surface area contributed by atoms with Crippen molar-refractivity contribution in [2.24, 2.45) is 5.92 Å². The van der Waals surface area contributed by atoms with E-state index >= 15 is 0 Å². The van der Waals surface area contributed by atoms with Gasteiger partial charge in [-0.05, 0) is 45.4 Å². The fourth-order valence-corrected chi connectivity index (χ4v) is 3.39. The molecular formula is C15H32N+. The second-order valence-electron chi connectivity index (χ2n) is 5.85. The quantitative estimate of drug-likeness (QED) is 0.632. The Morgan fingerprint density at radius 3 is 1.88 bits per heavy atom. The zero-order chi connectivity index (χ0) is 10.6. The van der Waals surface area contributed by atoms with Crippen molar-refractivity contribution in [3.63, 3.8) is 0 Å². The van der Waals surface area contributed by atoms with E-state index in [9.17, 15) is 0 Å². The van der Waals surface area contributed by atoms with Crippen LogP contribution in [0.4, 0.5) is 0 Å². The summed E-state index contributed by atoms with van der Waals surface area (Å²) in [5, 5.41) is 0. The molecule has 0 atom stereocenters. The van der Waals surface area contributed by atoms with Crippen molar-refractivity contribution in [3.8, 4) is 0 Å². The molecular weight excluding hydrogens is 194 g/mol. The van der Waals surface area contributed by atoms with E-state index < -0.39 is 0 Å². The van der Waals surface area contributed by atoms with Gasteiger partial charge in [-0.15, -0.1) is 0 Å². The summed E-state index contributed by atoms with van der Waals surface area (Å²) < 4.78 is 1.46. The predicted octanol–water partition coefficient (Wildman–Crippen LogP) is 4.22. The van der Waals surface area contributed by atoms with Gasteiger partial charge in [0, 0.05) is 5.92 Å². The summed E-state index contributed by atoms with van der Waals surface area (Å²) in [7, 11) is 0. The van der Waals surface area contributed by atoms with Crippen molar-refractivity contribution in [2.45, 2.75) is 65.7 Å². The van der Waals surface area contributed by atoms with E-state index in [1.165, 1.54) is 82.0 Å². The van der Waals surface area contributed by atoms with E-state index in [0.717, 1.165) is 5.92 Å². The Kier molecular flexibility index (Phi) is 5.82. The maximum Gasteiger partial charge on any atom is 0.0815 e. The average Bonchev–Trinajstić information content (AvgIpc) is 2.15. The Hall–Kier alpha value is -0.0400. The standard InChI is InChI=1S/C14H28N.CH4/c1-2-15(13-14-9-8-10-14)11-6-4-3-5-7-12-15;/h14H,2-13H2,1H3;1H4/q+1;. The molecule has 0 radical (unpaired) electrons. The fourth-order valence-electron chi connectivity index (χ4n) is 3.39. The van der Waals surface area contributed by atoms with Gasteiger partial charge >= 0.3 is 0 Å². The van der Waals surface area contributed by atoms with Crippen LogP contribution in [0.3, 0.4) is 0 Å². The van der Waals surface area contributed by atoms with Crippen molar-refractivity contribution in [2.75, 3.05) is 26.2 Å². The summed E-state index contributed by atoms with van der Waals surface area (Å²) >= 11 is 0. The van der Waals surface area contributed by atoms with Crippen LogP contribution in [0.1, 0.15) is 65.7 Å². The Balaban J connectivity index is 0.00000128. The number of rotatable bonds is 3. The highest BCUT2D eigenvalue weighted by atomic mass is 15.3. The fraction of sp³-hybridized carbons (Fsp3) is 1.00. The lowest BCUT2D eigenvalue weighted by Gasteiger charge is -2.43. The van der Waals surface area contributed by atoms with Gasteiger partial charge in [0.15, 0.2) is 0 Å². The number of quaternary nitrogens is 1. The minimum Gasteiger partial charge on any atom is -0.324 e. The molecule has 1 saturated heterocycles. The maximum atomic E-state index is 2.42. The minimum atomic E-state index is 0. The third kappa shape index (κ3) is 3.48. The van der Waals surface area contributed by atoms with Crippen molar-refractivity contribution in [1.29, 1.82) is 0 Å². The first-order chi connectivity index (χ1) is 7.35. The van der Waals surface area contributed by atoms with Crippen LogP contribution in [0.25, 0.3) is 0 Å². The molecule has 0 bridgehead atoms. The maximum absolute atomic E-state index is 2.42. The van der Waals surface area contributed by atoms with Crippen molar-refractivity contribution < 1.29 is 4.48 Å². The molecule has 2 rings (SSSR count). The Labute approximate surface area is 103 Å². The van der Waals surface area contributed by atoms with E-state index in [1.54, 1.807) is 0 Å². The molecule has 0 unspecified atom stereocenters. The lowest BCUT2D eigenvalue weighted by molar-refractivity contribution is -0.931. The van der Waals surface area contributed by atoms with Gasteiger partial charge in [0.05, 0.1) is 26.2 Å². The summed E-state index contributed by atoms with van der Waals surface area (Å²) in [6, 6.07) is 0. The summed E-state index contributed by atoms with van der Waals surface area (Å²) in [5.74, 6) is 1.09. The molecule has 1 nitrogen and oxygen atoms in total.